The van der Waals surface area contributed by atoms with E-state index in [1.165, 1.54) is 6.92 Å². The molecular weight excluding hydrogens is 304 g/mol. The number of carbonyl (C=O) groups is 2. The molecule has 2 amide bonds. The van der Waals surface area contributed by atoms with Gasteiger partial charge in [-0.3, -0.25) is 9.59 Å². The molecule has 1 aromatic rings. The number of rotatable bonds is 10. The zero-order chi connectivity index (χ0) is 17.9. The average Bonchev–Trinajstić information content (AvgIpc) is 2.56. The van der Waals surface area contributed by atoms with Crippen molar-refractivity contribution in [2.24, 2.45) is 0 Å². The second kappa shape index (κ2) is 10.8. The summed E-state index contributed by atoms with van der Waals surface area (Å²) in [5, 5.41) is 8.81. The Morgan fingerprint density at radius 3 is 2.08 bits per heavy atom. The van der Waals surface area contributed by atoms with Gasteiger partial charge in [-0.15, -0.1) is 0 Å². The lowest BCUT2D eigenvalue weighted by Gasteiger charge is -2.19. The van der Waals surface area contributed by atoms with Crippen molar-refractivity contribution < 1.29 is 9.59 Å². The van der Waals surface area contributed by atoms with Crippen molar-refractivity contribution in [1.82, 2.24) is 10.2 Å². The lowest BCUT2D eigenvalue weighted by molar-refractivity contribution is -0.117. The minimum absolute atomic E-state index is 0.0647. The van der Waals surface area contributed by atoms with Crippen LogP contribution < -0.4 is 16.0 Å². The first kappa shape index (κ1) is 20.1. The summed E-state index contributed by atoms with van der Waals surface area (Å²) in [5.41, 5.74) is 1.42. The monoisotopic (exact) mass is 334 g/mol. The number of hydrogen-bond donors (Lipinski definition) is 3. The number of hydrogen-bond acceptors (Lipinski definition) is 4. The quantitative estimate of drug-likeness (QED) is 0.574. The highest BCUT2D eigenvalue weighted by Gasteiger charge is 2.12. The second-order valence-electron chi connectivity index (χ2n) is 5.80. The highest BCUT2D eigenvalue weighted by molar-refractivity contribution is 5.95. The van der Waals surface area contributed by atoms with Crippen molar-refractivity contribution in [2.45, 2.75) is 40.2 Å². The summed E-state index contributed by atoms with van der Waals surface area (Å²) in [6.45, 7) is 11.6. The number of nitrogens with zero attached hydrogens (tertiary/aromatic N) is 1. The van der Waals surface area contributed by atoms with Gasteiger partial charge in [-0.1, -0.05) is 13.8 Å². The maximum atomic E-state index is 12.2. The molecule has 1 aromatic carbocycles. The third-order valence-electron chi connectivity index (χ3n) is 3.86. The molecule has 0 aliphatic heterocycles. The van der Waals surface area contributed by atoms with Crippen LogP contribution in [-0.4, -0.2) is 48.9 Å². The summed E-state index contributed by atoms with van der Waals surface area (Å²) in [7, 11) is 0. The van der Waals surface area contributed by atoms with E-state index in [1.54, 1.807) is 24.3 Å². The van der Waals surface area contributed by atoms with E-state index < -0.39 is 0 Å². The molecule has 0 bridgehead atoms. The van der Waals surface area contributed by atoms with Gasteiger partial charge in [-0.05, 0) is 63.8 Å². The van der Waals surface area contributed by atoms with Gasteiger partial charge in [-0.2, -0.15) is 0 Å². The van der Waals surface area contributed by atoms with Crippen molar-refractivity contribution in [3.05, 3.63) is 24.3 Å². The molecule has 0 saturated heterocycles. The number of nitrogens with one attached hydrogen (secondary N) is 3. The van der Waals surface area contributed by atoms with Crippen LogP contribution in [0.1, 0.15) is 34.1 Å². The molecule has 0 aliphatic rings. The van der Waals surface area contributed by atoms with Gasteiger partial charge in [0.2, 0.25) is 11.8 Å². The standard InChI is InChI=1S/C18H30N4O2/c1-5-22(6-2)13-7-12-19-14(3)18(24)21-17-10-8-16(9-11-17)20-15(4)23/h8-11,14,19H,5-7,12-13H2,1-4H3,(H,20,23)(H,21,24)/t14-/m1/s1. The minimum Gasteiger partial charge on any atom is -0.326 e. The van der Waals surface area contributed by atoms with Crippen LogP contribution in [0.15, 0.2) is 24.3 Å². The van der Waals surface area contributed by atoms with E-state index in [9.17, 15) is 9.59 Å². The highest BCUT2D eigenvalue weighted by Crippen LogP contribution is 2.13. The summed E-state index contributed by atoms with van der Waals surface area (Å²) in [6, 6.07) is 6.82. The number of anilines is 2. The predicted octanol–water partition coefficient (Wildman–Crippen LogP) is 2.29. The van der Waals surface area contributed by atoms with Crippen LogP contribution in [0.3, 0.4) is 0 Å². The van der Waals surface area contributed by atoms with Gasteiger partial charge < -0.3 is 20.9 Å². The van der Waals surface area contributed by atoms with Gasteiger partial charge in [0.05, 0.1) is 6.04 Å². The zero-order valence-corrected chi connectivity index (χ0v) is 15.2. The molecule has 0 heterocycles. The van der Waals surface area contributed by atoms with Crippen molar-refractivity contribution in [1.29, 1.82) is 0 Å². The van der Waals surface area contributed by atoms with Gasteiger partial charge in [-0.25, -0.2) is 0 Å². The first-order valence-corrected chi connectivity index (χ1v) is 8.60. The average molecular weight is 334 g/mol. The van der Waals surface area contributed by atoms with Crippen molar-refractivity contribution in [3.8, 4) is 0 Å². The Hall–Kier alpha value is -1.92. The molecule has 1 rings (SSSR count). The maximum absolute atomic E-state index is 12.2. The first-order valence-electron chi connectivity index (χ1n) is 8.60. The van der Waals surface area contributed by atoms with E-state index in [0.29, 0.717) is 11.4 Å². The maximum Gasteiger partial charge on any atom is 0.241 e. The molecule has 0 aromatic heterocycles. The summed E-state index contributed by atoms with van der Waals surface area (Å²) < 4.78 is 0. The normalized spacial score (nSPS) is 12.0. The van der Waals surface area contributed by atoms with Crippen molar-refractivity contribution in [2.75, 3.05) is 36.8 Å². The van der Waals surface area contributed by atoms with E-state index in [-0.39, 0.29) is 17.9 Å². The van der Waals surface area contributed by atoms with E-state index in [1.807, 2.05) is 6.92 Å². The van der Waals surface area contributed by atoms with E-state index in [0.717, 1.165) is 32.6 Å². The van der Waals surface area contributed by atoms with E-state index >= 15 is 0 Å². The number of benzene rings is 1. The van der Waals surface area contributed by atoms with Crippen LogP contribution in [0.2, 0.25) is 0 Å². The van der Waals surface area contributed by atoms with Crippen LogP contribution in [0, 0.1) is 0 Å². The molecule has 0 spiro atoms. The van der Waals surface area contributed by atoms with Crippen molar-refractivity contribution >= 4 is 23.2 Å². The highest BCUT2D eigenvalue weighted by atomic mass is 16.2. The van der Waals surface area contributed by atoms with Gasteiger partial charge in [0.15, 0.2) is 0 Å². The van der Waals surface area contributed by atoms with Crippen LogP contribution in [0.5, 0.6) is 0 Å². The molecule has 134 valence electrons. The Kier molecular flexibility index (Phi) is 9.04. The molecule has 0 radical (unpaired) electrons. The fourth-order valence-electron chi connectivity index (χ4n) is 2.34. The lowest BCUT2D eigenvalue weighted by Crippen LogP contribution is -2.39. The van der Waals surface area contributed by atoms with Crippen LogP contribution in [0.4, 0.5) is 11.4 Å². The summed E-state index contributed by atoms with van der Waals surface area (Å²) in [4.78, 5) is 25.5. The molecule has 0 saturated carbocycles. The summed E-state index contributed by atoms with van der Waals surface area (Å²) in [6.07, 6.45) is 1.02. The van der Waals surface area contributed by atoms with Gasteiger partial charge in [0.25, 0.3) is 0 Å². The van der Waals surface area contributed by atoms with Gasteiger partial charge in [0.1, 0.15) is 0 Å². The number of carbonyl (C=O) groups excluding carboxylic acids is 2. The molecule has 0 fully saturated rings. The minimum atomic E-state index is -0.253. The van der Waals surface area contributed by atoms with Crippen molar-refractivity contribution in [3.63, 3.8) is 0 Å². The molecule has 0 aliphatic carbocycles. The number of amides is 2. The molecule has 0 unspecified atom stereocenters. The second-order valence-corrected chi connectivity index (χ2v) is 5.80. The summed E-state index contributed by atoms with van der Waals surface area (Å²) in [5.74, 6) is -0.181. The molecule has 6 nitrogen and oxygen atoms in total. The van der Waals surface area contributed by atoms with Gasteiger partial charge in [0, 0.05) is 18.3 Å². The fraction of sp³-hybridized carbons (Fsp3) is 0.556. The molecule has 24 heavy (non-hydrogen) atoms. The molecular formula is C18H30N4O2. The zero-order valence-electron chi connectivity index (χ0n) is 15.2. The Bertz CT molecular complexity index is 512. The third-order valence-corrected chi connectivity index (χ3v) is 3.86. The topological polar surface area (TPSA) is 73.5 Å². The lowest BCUT2D eigenvalue weighted by atomic mass is 10.2. The SMILES string of the molecule is CCN(CC)CCCN[C@H](C)C(=O)Nc1ccc(NC(C)=O)cc1. The summed E-state index contributed by atoms with van der Waals surface area (Å²) >= 11 is 0. The fourth-order valence-corrected chi connectivity index (χ4v) is 2.34. The molecule has 1 atom stereocenters. The Labute approximate surface area is 145 Å². The Morgan fingerprint density at radius 1 is 1.04 bits per heavy atom. The van der Waals surface area contributed by atoms with Crippen LogP contribution in [0.25, 0.3) is 0 Å². The van der Waals surface area contributed by atoms with E-state index in [4.69, 9.17) is 0 Å². The van der Waals surface area contributed by atoms with E-state index in [2.05, 4.69) is 34.7 Å². The predicted molar refractivity (Wildman–Crippen MR) is 99.2 cm³/mol. The van der Waals surface area contributed by atoms with Crippen LogP contribution in [-0.2, 0) is 9.59 Å². The smallest absolute Gasteiger partial charge is 0.241 e. The van der Waals surface area contributed by atoms with Crippen LogP contribution >= 0.6 is 0 Å². The molecule has 3 N–H and O–H groups in total. The Morgan fingerprint density at radius 2 is 1.58 bits per heavy atom. The Balaban J connectivity index is 2.34. The largest absolute Gasteiger partial charge is 0.326 e. The van der Waals surface area contributed by atoms with Gasteiger partial charge >= 0.3 is 0 Å². The molecule has 6 heteroatoms. The third kappa shape index (κ3) is 7.57. The first-order chi connectivity index (χ1) is 11.5.